The molecule has 0 aliphatic heterocycles. The lowest BCUT2D eigenvalue weighted by molar-refractivity contribution is 0.221. The number of hydrogen-bond acceptors (Lipinski definition) is 5. The molecular weight excluding hydrogens is 355 g/mol. The first-order valence-corrected chi connectivity index (χ1v) is 9.51. The molecule has 8 heteroatoms. The average molecular weight is 372 g/mol. The topological polar surface area (TPSA) is 88.6 Å². The normalized spacial score (nSPS) is 12.3. The zero-order valence-corrected chi connectivity index (χ0v) is 15.4. The van der Waals surface area contributed by atoms with Crippen molar-refractivity contribution >= 4 is 21.0 Å². The number of rotatable bonds is 4. The second-order valence-electron chi connectivity index (χ2n) is 6.45. The molecule has 134 valence electrons. The van der Waals surface area contributed by atoms with Crippen molar-refractivity contribution in [3.05, 3.63) is 42.1 Å². The molecule has 26 heavy (non-hydrogen) atoms. The van der Waals surface area contributed by atoms with Crippen LogP contribution < -0.4 is 0 Å². The van der Waals surface area contributed by atoms with Gasteiger partial charge in [0.05, 0.1) is 11.0 Å². The summed E-state index contributed by atoms with van der Waals surface area (Å²) in [7, 11) is -2.06. The maximum absolute atomic E-state index is 14.2. The summed E-state index contributed by atoms with van der Waals surface area (Å²) in [5.41, 5.74) is 0.190. The van der Waals surface area contributed by atoms with Gasteiger partial charge in [0.2, 0.25) is 0 Å². The monoisotopic (exact) mass is 372 g/mol. The highest BCUT2D eigenvalue weighted by atomic mass is 32.2. The first-order valence-electron chi connectivity index (χ1n) is 7.86. The molecule has 2 aromatic heterocycles. The fourth-order valence-electron chi connectivity index (χ4n) is 2.73. The van der Waals surface area contributed by atoms with Gasteiger partial charge in [0.15, 0.2) is 15.5 Å². The van der Waals surface area contributed by atoms with Crippen LogP contribution in [0.2, 0.25) is 0 Å². The van der Waals surface area contributed by atoms with Gasteiger partial charge in [-0.2, -0.15) is 5.26 Å². The highest BCUT2D eigenvalue weighted by Crippen LogP contribution is 2.31. The van der Waals surface area contributed by atoms with Gasteiger partial charge in [-0.15, -0.1) is 0 Å². The van der Waals surface area contributed by atoms with Crippen LogP contribution in [0.1, 0.15) is 19.4 Å². The van der Waals surface area contributed by atoms with Crippen molar-refractivity contribution in [2.45, 2.75) is 24.4 Å². The average Bonchev–Trinajstić information content (AvgIpc) is 2.90. The van der Waals surface area contributed by atoms with E-state index in [1.807, 2.05) is 0 Å². The molecule has 0 atom stereocenters. The smallest absolute Gasteiger partial charge is 0.192 e. The summed E-state index contributed by atoms with van der Waals surface area (Å²) in [5.74, 6) is -0.231. The number of sulfone groups is 1. The Bertz CT molecular complexity index is 1140. The number of imidazole rings is 1. The van der Waals surface area contributed by atoms with Crippen molar-refractivity contribution in [1.82, 2.24) is 14.5 Å². The van der Waals surface area contributed by atoms with Crippen molar-refractivity contribution in [2.24, 2.45) is 7.05 Å². The zero-order chi connectivity index (χ0) is 19.1. The maximum Gasteiger partial charge on any atom is 0.192 e. The van der Waals surface area contributed by atoms with E-state index in [-0.39, 0.29) is 4.90 Å². The molecule has 0 N–H and O–H groups in total. The number of hydrogen-bond donors (Lipinski definition) is 0. The number of aryl methyl sites for hydroxylation is 1. The Morgan fingerprint density at radius 2 is 2.00 bits per heavy atom. The van der Waals surface area contributed by atoms with Gasteiger partial charge in [-0.25, -0.2) is 22.8 Å². The molecular formula is C18H17FN4O2S. The van der Waals surface area contributed by atoms with Crippen molar-refractivity contribution in [1.29, 1.82) is 5.26 Å². The minimum atomic E-state index is -3.77. The molecule has 0 aliphatic rings. The molecule has 2 heterocycles. The molecule has 6 nitrogen and oxygen atoms in total. The molecule has 3 rings (SSSR count). The number of nitriles is 1. The molecule has 3 aromatic rings. The van der Waals surface area contributed by atoms with E-state index in [2.05, 4.69) is 9.97 Å². The summed E-state index contributed by atoms with van der Waals surface area (Å²) >= 11 is 0. The Kier molecular flexibility index (Phi) is 4.28. The number of alkyl halides is 1. The van der Waals surface area contributed by atoms with E-state index in [1.54, 1.807) is 41.9 Å². The van der Waals surface area contributed by atoms with Crippen molar-refractivity contribution in [3.8, 4) is 17.5 Å². The minimum absolute atomic E-state index is 0.0333. The van der Waals surface area contributed by atoms with E-state index in [0.29, 0.717) is 28.1 Å². The van der Waals surface area contributed by atoms with Gasteiger partial charge in [-0.3, -0.25) is 0 Å². The fraction of sp³-hybridized carbons (Fsp3) is 0.278. The van der Waals surface area contributed by atoms with Crippen molar-refractivity contribution < 1.29 is 12.8 Å². The van der Waals surface area contributed by atoms with E-state index >= 15 is 0 Å². The van der Waals surface area contributed by atoms with Crippen molar-refractivity contribution in [2.75, 3.05) is 5.75 Å². The van der Waals surface area contributed by atoms with E-state index < -0.39 is 21.3 Å². The first kappa shape index (κ1) is 18.0. The fourth-order valence-corrected chi connectivity index (χ4v) is 3.83. The van der Waals surface area contributed by atoms with E-state index in [0.717, 1.165) is 0 Å². The van der Waals surface area contributed by atoms with E-state index in [9.17, 15) is 12.8 Å². The van der Waals surface area contributed by atoms with Crippen molar-refractivity contribution in [3.63, 3.8) is 0 Å². The Hall–Kier alpha value is -2.79. The zero-order valence-electron chi connectivity index (χ0n) is 14.6. The quantitative estimate of drug-likeness (QED) is 0.702. The maximum atomic E-state index is 14.2. The minimum Gasteiger partial charge on any atom is -0.312 e. The summed E-state index contributed by atoms with van der Waals surface area (Å²) < 4.78 is 40.7. The third-order valence-corrected chi connectivity index (χ3v) is 5.65. The number of benzene rings is 1. The molecule has 0 spiro atoms. The number of nitrogens with zero attached hydrogens (tertiary/aromatic N) is 4. The van der Waals surface area contributed by atoms with Crippen LogP contribution in [0.15, 0.2) is 41.4 Å². The van der Waals surface area contributed by atoms with Gasteiger partial charge in [-0.05, 0) is 32.0 Å². The summed E-state index contributed by atoms with van der Waals surface area (Å²) in [6, 6.07) is 9.66. The molecule has 0 amide bonds. The summed E-state index contributed by atoms with van der Waals surface area (Å²) in [5, 5.41) is 8.80. The van der Waals surface area contributed by atoms with Gasteiger partial charge in [-0.1, -0.05) is 12.1 Å². The van der Waals surface area contributed by atoms with Crippen LogP contribution in [0.5, 0.6) is 0 Å². The van der Waals surface area contributed by atoms with Crippen LogP contribution in [-0.2, 0) is 22.6 Å². The lowest BCUT2D eigenvalue weighted by Gasteiger charge is -2.13. The molecule has 0 saturated carbocycles. The molecule has 0 aliphatic carbocycles. The number of aromatic nitrogens is 3. The number of fused-ring (bicyclic) bond motifs is 1. The summed E-state index contributed by atoms with van der Waals surface area (Å²) in [4.78, 5) is 8.79. The lowest BCUT2D eigenvalue weighted by Crippen LogP contribution is -2.09. The molecule has 1 aromatic carbocycles. The second-order valence-corrected chi connectivity index (χ2v) is 8.40. The predicted octanol–water partition coefficient (Wildman–Crippen LogP) is 3.14. The number of halogens is 1. The summed E-state index contributed by atoms with van der Waals surface area (Å²) in [6.07, 6.45) is 1.45. The molecule has 0 fully saturated rings. The Balaban J connectivity index is 2.25. The summed E-state index contributed by atoms with van der Waals surface area (Å²) in [6.45, 7) is 2.87. The largest absolute Gasteiger partial charge is 0.312 e. The van der Waals surface area contributed by atoms with Crippen LogP contribution >= 0.6 is 0 Å². The lowest BCUT2D eigenvalue weighted by atomic mass is 10.0. The predicted molar refractivity (Wildman–Crippen MR) is 95.7 cm³/mol. The molecule has 0 bridgehead atoms. The van der Waals surface area contributed by atoms with Crippen LogP contribution in [0, 0.1) is 11.3 Å². The third kappa shape index (κ3) is 3.06. The SMILES string of the molecule is Cn1c(-c2ccccc2S(=O)(=O)CC#N)nc2cc(C(C)(C)F)cnc21. The Morgan fingerprint density at radius 3 is 2.65 bits per heavy atom. The van der Waals surface area contributed by atoms with Gasteiger partial charge >= 0.3 is 0 Å². The molecule has 0 unspecified atom stereocenters. The highest BCUT2D eigenvalue weighted by Gasteiger charge is 2.24. The van der Waals surface area contributed by atoms with Gasteiger partial charge in [0.1, 0.15) is 22.8 Å². The Labute approximate surface area is 150 Å². The first-order chi connectivity index (χ1) is 12.1. The van der Waals surface area contributed by atoms with Crippen LogP contribution in [-0.4, -0.2) is 28.7 Å². The Morgan fingerprint density at radius 1 is 1.31 bits per heavy atom. The number of pyridine rings is 1. The van der Waals surface area contributed by atoms with Gasteiger partial charge in [0.25, 0.3) is 0 Å². The van der Waals surface area contributed by atoms with E-state index in [1.165, 1.54) is 26.1 Å². The second kappa shape index (κ2) is 6.18. The van der Waals surface area contributed by atoms with Gasteiger partial charge < -0.3 is 4.57 Å². The van der Waals surface area contributed by atoms with Crippen LogP contribution in [0.25, 0.3) is 22.6 Å². The van der Waals surface area contributed by atoms with Crippen LogP contribution in [0.3, 0.4) is 0 Å². The molecule has 0 radical (unpaired) electrons. The third-order valence-electron chi connectivity index (χ3n) is 4.11. The van der Waals surface area contributed by atoms with Crippen LogP contribution in [0.4, 0.5) is 4.39 Å². The molecule has 0 saturated heterocycles. The highest BCUT2D eigenvalue weighted by molar-refractivity contribution is 7.91. The van der Waals surface area contributed by atoms with E-state index in [4.69, 9.17) is 5.26 Å². The standard InChI is InChI=1S/C18H17FN4O2S/c1-18(2,19)12-10-14-17(21-11-12)23(3)16(22-14)13-6-4-5-7-15(13)26(24,25)9-8-20/h4-7,10-11H,9H2,1-3H3. The van der Waals surface area contributed by atoms with Gasteiger partial charge in [0, 0.05) is 24.4 Å².